The number of rotatable bonds is 5. The van der Waals surface area contributed by atoms with Crippen molar-refractivity contribution >= 4 is 11.7 Å². The first-order chi connectivity index (χ1) is 12.2. The minimum Gasteiger partial charge on any atom is -0.338 e. The fourth-order valence-electron chi connectivity index (χ4n) is 3.09. The molecule has 2 N–H and O–H groups in total. The van der Waals surface area contributed by atoms with Crippen molar-refractivity contribution in [3.8, 4) is 0 Å². The van der Waals surface area contributed by atoms with Gasteiger partial charge in [0, 0.05) is 37.3 Å². The van der Waals surface area contributed by atoms with Crippen molar-refractivity contribution < 1.29 is 9.18 Å². The van der Waals surface area contributed by atoms with Crippen LogP contribution in [0.5, 0.6) is 0 Å². The normalized spacial score (nSPS) is 18.9. The molecule has 1 aliphatic rings. The molecule has 4 rings (SSSR count). The molecular formula is C19H19FN4O. The summed E-state index contributed by atoms with van der Waals surface area (Å²) in [4.78, 5) is 16.5. The number of benzene rings is 1. The lowest BCUT2D eigenvalue weighted by molar-refractivity contribution is 0.240. The third-order valence-corrected chi connectivity index (χ3v) is 4.46. The quantitative estimate of drug-likeness (QED) is 0.751. The number of carbonyl (C=O) groups is 1. The number of carbonyl (C=O) groups excluding carboxylic acids is 1. The molecule has 0 aliphatic heterocycles. The van der Waals surface area contributed by atoms with E-state index in [0.717, 1.165) is 23.3 Å². The highest BCUT2D eigenvalue weighted by Crippen LogP contribution is 2.40. The van der Waals surface area contributed by atoms with Gasteiger partial charge in [-0.2, -0.15) is 0 Å². The first-order valence-electron chi connectivity index (χ1n) is 8.41. The molecule has 2 heterocycles. The van der Waals surface area contributed by atoms with E-state index < -0.39 is 0 Å². The standard InChI is InChI=1S/C19H19FN4O/c20-14-5-3-4-13(10-14)16-11-17(16)23-19(25)21-8-7-15-12-24-9-2-1-6-18(24)22-15/h1-6,9-10,12,16-17H,7-8,11H2,(H2,21,23,25)/t16-,17+/m0/s1. The van der Waals surface area contributed by atoms with E-state index in [1.165, 1.54) is 12.1 Å². The number of aromatic nitrogens is 2. The Kier molecular flexibility index (Phi) is 4.09. The Bertz CT molecular complexity index is 874. The van der Waals surface area contributed by atoms with Crippen LogP contribution in [0.15, 0.2) is 54.9 Å². The maximum Gasteiger partial charge on any atom is 0.315 e. The number of hydrogen-bond acceptors (Lipinski definition) is 2. The molecule has 1 aromatic carbocycles. The summed E-state index contributed by atoms with van der Waals surface area (Å²) in [6.45, 7) is 0.521. The maximum absolute atomic E-state index is 13.2. The number of nitrogens with zero attached hydrogens (tertiary/aromatic N) is 2. The Morgan fingerprint density at radius 2 is 2.20 bits per heavy atom. The summed E-state index contributed by atoms with van der Waals surface area (Å²) in [6.07, 6.45) is 5.44. The van der Waals surface area contributed by atoms with Crippen molar-refractivity contribution in [3.63, 3.8) is 0 Å². The van der Waals surface area contributed by atoms with Crippen LogP contribution in [0.4, 0.5) is 9.18 Å². The van der Waals surface area contributed by atoms with Crippen LogP contribution >= 0.6 is 0 Å². The Labute approximate surface area is 144 Å². The summed E-state index contributed by atoms with van der Waals surface area (Å²) in [5, 5.41) is 5.79. The molecule has 0 unspecified atom stereocenters. The monoisotopic (exact) mass is 338 g/mol. The predicted molar refractivity (Wildman–Crippen MR) is 93.0 cm³/mol. The molecule has 5 nitrogen and oxygen atoms in total. The van der Waals surface area contributed by atoms with Gasteiger partial charge in [0.05, 0.1) is 5.69 Å². The molecule has 6 heteroatoms. The smallest absolute Gasteiger partial charge is 0.315 e. The molecule has 128 valence electrons. The number of urea groups is 1. The second kappa shape index (κ2) is 6.55. The molecule has 2 amide bonds. The zero-order valence-electron chi connectivity index (χ0n) is 13.7. The van der Waals surface area contributed by atoms with Gasteiger partial charge in [0.2, 0.25) is 0 Å². The van der Waals surface area contributed by atoms with E-state index >= 15 is 0 Å². The maximum atomic E-state index is 13.2. The molecule has 1 aliphatic carbocycles. The Morgan fingerprint density at radius 1 is 1.28 bits per heavy atom. The van der Waals surface area contributed by atoms with Gasteiger partial charge in [0.15, 0.2) is 0 Å². The van der Waals surface area contributed by atoms with Crippen LogP contribution in [0.2, 0.25) is 0 Å². The van der Waals surface area contributed by atoms with Gasteiger partial charge in [-0.15, -0.1) is 0 Å². The van der Waals surface area contributed by atoms with Crippen LogP contribution in [-0.4, -0.2) is 28.0 Å². The molecule has 0 spiro atoms. The highest BCUT2D eigenvalue weighted by atomic mass is 19.1. The van der Waals surface area contributed by atoms with Gasteiger partial charge in [-0.1, -0.05) is 18.2 Å². The van der Waals surface area contributed by atoms with Crippen molar-refractivity contribution in [3.05, 3.63) is 71.9 Å². The van der Waals surface area contributed by atoms with Gasteiger partial charge >= 0.3 is 6.03 Å². The van der Waals surface area contributed by atoms with Crippen molar-refractivity contribution in [1.82, 2.24) is 20.0 Å². The molecule has 1 saturated carbocycles. The fraction of sp³-hybridized carbons (Fsp3) is 0.263. The third-order valence-electron chi connectivity index (χ3n) is 4.46. The van der Waals surface area contributed by atoms with Crippen LogP contribution in [0.3, 0.4) is 0 Å². The van der Waals surface area contributed by atoms with Gasteiger partial charge in [-0.3, -0.25) is 0 Å². The lowest BCUT2D eigenvalue weighted by atomic mass is 10.1. The van der Waals surface area contributed by atoms with Crippen LogP contribution in [0.1, 0.15) is 23.6 Å². The van der Waals surface area contributed by atoms with E-state index in [2.05, 4.69) is 15.6 Å². The van der Waals surface area contributed by atoms with Crippen molar-refractivity contribution in [1.29, 1.82) is 0 Å². The number of pyridine rings is 1. The summed E-state index contributed by atoms with van der Waals surface area (Å²) >= 11 is 0. The Morgan fingerprint density at radius 3 is 3.04 bits per heavy atom. The summed E-state index contributed by atoms with van der Waals surface area (Å²) in [5.74, 6) is -0.0278. The van der Waals surface area contributed by atoms with Gasteiger partial charge in [0.25, 0.3) is 0 Å². The number of amides is 2. The number of hydrogen-bond donors (Lipinski definition) is 2. The van der Waals surface area contributed by atoms with Crippen LogP contribution < -0.4 is 10.6 Å². The molecule has 0 bridgehead atoms. The van der Waals surface area contributed by atoms with E-state index in [9.17, 15) is 9.18 Å². The molecule has 25 heavy (non-hydrogen) atoms. The molecule has 2 atom stereocenters. The average molecular weight is 338 g/mol. The molecule has 0 radical (unpaired) electrons. The predicted octanol–water partition coefficient (Wildman–Crippen LogP) is 2.87. The summed E-state index contributed by atoms with van der Waals surface area (Å²) in [7, 11) is 0. The van der Waals surface area contributed by atoms with Gasteiger partial charge in [-0.05, 0) is 36.2 Å². The minimum absolute atomic E-state index is 0.0805. The zero-order valence-corrected chi connectivity index (χ0v) is 13.7. The summed E-state index contributed by atoms with van der Waals surface area (Å²) in [5.41, 5.74) is 2.78. The average Bonchev–Trinajstić information content (AvgIpc) is 3.23. The summed E-state index contributed by atoms with van der Waals surface area (Å²) in [6, 6.07) is 12.3. The highest BCUT2D eigenvalue weighted by molar-refractivity contribution is 5.74. The third kappa shape index (κ3) is 3.63. The lowest BCUT2D eigenvalue weighted by Crippen LogP contribution is -2.38. The van der Waals surface area contributed by atoms with E-state index in [4.69, 9.17) is 0 Å². The van der Waals surface area contributed by atoms with Gasteiger partial charge < -0.3 is 15.0 Å². The van der Waals surface area contributed by atoms with Crippen LogP contribution in [-0.2, 0) is 6.42 Å². The number of fused-ring (bicyclic) bond motifs is 1. The van der Waals surface area contributed by atoms with E-state index in [1.54, 1.807) is 6.07 Å². The molecule has 3 aromatic rings. The lowest BCUT2D eigenvalue weighted by Gasteiger charge is -2.07. The minimum atomic E-state index is -0.236. The van der Waals surface area contributed by atoms with Gasteiger partial charge in [0.1, 0.15) is 11.5 Å². The zero-order chi connectivity index (χ0) is 17.2. The van der Waals surface area contributed by atoms with Gasteiger partial charge in [-0.25, -0.2) is 14.2 Å². The second-order valence-electron chi connectivity index (χ2n) is 6.35. The number of halogens is 1. The Hall–Kier alpha value is -2.89. The molecule has 1 fully saturated rings. The van der Waals surface area contributed by atoms with Crippen molar-refractivity contribution in [2.75, 3.05) is 6.54 Å². The fourth-order valence-corrected chi connectivity index (χ4v) is 3.09. The first-order valence-corrected chi connectivity index (χ1v) is 8.41. The molecule has 0 saturated heterocycles. The largest absolute Gasteiger partial charge is 0.338 e. The van der Waals surface area contributed by atoms with E-state index in [1.807, 2.05) is 41.1 Å². The Balaban J connectivity index is 1.23. The SMILES string of the molecule is O=C(NCCc1cn2ccccc2n1)N[C@@H]1C[C@H]1c1cccc(F)c1. The van der Waals surface area contributed by atoms with Crippen LogP contribution in [0.25, 0.3) is 5.65 Å². The summed E-state index contributed by atoms with van der Waals surface area (Å²) < 4.78 is 15.2. The van der Waals surface area contributed by atoms with E-state index in [0.29, 0.717) is 13.0 Å². The number of nitrogens with one attached hydrogen (secondary N) is 2. The highest BCUT2D eigenvalue weighted by Gasteiger charge is 2.39. The van der Waals surface area contributed by atoms with Crippen molar-refractivity contribution in [2.24, 2.45) is 0 Å². The van der Waals surface area contributed by atoms with Crippen molar-refractivity contribution in [2.45, 2.75) is 24.8 Å². The number of imidazole rings is 1. The first kappa shape index (κ1) is 15.6. The molecular weight excluding hydrogens is 319 g/mol. The second-order valence-corrected chi connectivity index (χ2v) is 6.35. The molecule has 2 aromatic heterocycles. The van der Waals surface area contributed by atoms with Crippen LogP contribution in [0, 0.1) is 5.82 Å². The van der Waals surface area contributed by atoms with E-state index in [-0.39, 0.29) is 23.8 Å². The topological polar surface area (TPSA) is 58.4 Å².